The standard InChI is InChI=1S/C13H26O2S/c1-12(2,14-3)8-9-15-10-13(11-16)6-4-5-7-13/h16H,4-11H2,1-3H3. The molecule has 1 saturated carbocycles. The van der Waals surface area contributed by atoms with E-state index in [0.29, 0.717) is 5.41 Å². The van der Waals surface area contributed by atoms with Crippen LogP contribution >= 0.6 is 12.6 Å². The molecule has 0 amide bonds. The van der Waals surface area contributed by atoms with Gasteiger partial charge in [0.05, 0.1) is 12.2 Å². The van der Waals surface area contributed by atoms with Gasteiger partial charge in [0, 0.05) is 19.1 Å². The van der Waals surface area contributed by atoms with Gasteiger partial charge in [-0.1, -0.05) is 12.8 Å². The molecular weight excluding hydrogens is 220 g/mol. The highest BCUT2D eigenvalue weighted by atomic mass is 32.1. The molecule has 0 spiro atoms. The van der Waals surface area contributed by atoms with Crippen LogP contribution < -0.4 is 0 Å². The Hall–Kier alpha value is 0.270. The fraction of sp³-hybridized carbons (Fsp3) is 1.00. The first-order valence-corrected chi connectivity index (χ1v) is 6.91. The van der Waals surface area contributed by atoms with E-state index < -0.39 is 0 Å². The highest BCUT2D eigenvalue weighted by Crippen LogP contribution is 2.39. The summed E-state index contributed by atoms with van der Waals surface area (Å²) < 4.78 is 11.2. The molecule has 1 aliphatic rings. The normalized spacial score (nSPS) is 20.2. The molecule has 0 atom stereocenters. The summed E-state index contributed by atoms with van der Waals surface area (Å²) in [5.41, 5.74) is 0.296. The molecule has 2 nitrogen and oxygen atoms in total. The predicted molar refractivity (Wildman–Crippen MR) is 71.3 cm³/mol. The van der Waals surface area contributed by atoms with Crippen LogP contribution in [0.25, 0.3) is 0 Å². The molecule has 96 valence electrons. The lowest BCUT2D eigenvalue weighted by atomic mass is 9.90. The van der Waals surface area contributed by atoms with Gasteiger partial charge in [-0.05, 0) is 38.9 Å². The molecule has 0 aromatic heterocycles. The SMILES string of the molecule is COC(C)(C)CCOCC1(CS)CCCC1. The lowest BCUT2D eigenvalue weighted by Crippen LogP contribution is -2.28. The molecule has 0 heterocycles. The minimum Gasteiger partial charge on any atom is -0.381 e. The molecule has 1 rings (SSSR count). The number of rotatable bonds is 7. The van der Waals surface area contributed by atoms with Crippen LogP contribution in [-0.4, -0.2) is 31.7 Å². The van der Waals surface area contributed by atoms with Crippen LogP contribution in [0.1, 0.15) is 46.0 Å². The largest absolute Gasteiger partial charge is 0.381 e. The molecule has 0 unspecified atom stereocenters. The third kappa shape index (κ3) is 4.27. The average molecular weight is 246 g/mol. The lowest BCUT2D eigenvalue weighted by molar-refractivity contribution is -0.0217. The van der Waals surface area contributed by atoms with Gasteiger partial charge in [-0.15, -0.1) is 0 Å². The second kappa shape index (κ2) is 6.27. The van der Waals surface area contributed by atoms with E-state index in [1.807, 2.05) is 0 Å². The van der Waals surface area contributed by atoms with Crippen LogP contribution in [0, 0.1) is 5.41 Å². The second-order valence-electron chi connectivity index (χ2n) is 5.63. The van der Waals surface area contributed by atoms with E-state index in [0.717, 1.165) is 25.4 Å². The third-order valence-electron chi connectivity index (χ3n) is 3.81. The monoisotopic (exact) mass is 246 g/mol. The minimum atomic E-state index is -0.0657. The maximum atomic E-state index is 5.82. The molecule has 0 aliphatic heterocycles. The molecule has 0 N–H and O–H groups in total. The van der Waals surface area contributed by atoms with Gasteiger partial charge in [-0.2, -0.15) is 12.6 Å². The van der Waals surface area contributed by atoms with Gasteiger partial charge >= 0.3 is 0 Å². The number of thiol groups is 1. The van der Waals surface area contributed by atoms with Crippen molar-refractivity contribution < 1.29 is 9.47 Å². The van der Waals surface area contributed by atoms with Crippen LogP contribution in [0.3, 0.4) is 0 Å². The Morgan fingerprint density at radius 2 is 1.88 bits per heavy atom. The summed E-state index contributed by atoms with van der Waals surface area (Å²) >= 11 is 4.47. The molecule has 0 aromatic carbocycles. The first kappa shape index (κ1) is 14.3. The summed E-state index contributed by atoms with van der Waals surface area (Å²) in [4.78, 5) is 0. The van der Waals surface area contributed by atoms with E-state index in [4.69, 9.17) is 9.47 Å². The number of ether oxygens (including phenoxy) is 2. The molecule has 0 aromatic rings. The van der Waals surface area contributed by atoms with Crippen LogP contribution in [0.15, 0.2) is 0 Å². The van der Waals surface area contributed by atoms with Gasteiger partial charge in [0.15, 0.2) is 0 Å². The summed E-state index contributed by atoms with van der Waals surface area (Å²) in [6.45, 7) is 5.85. The van der Waals surface area contributed by atoms with Crippen molar-refractivity contribution in [3.8, 4) is 0 Å². The fourth-order valence-corrected chi connectivity index (χ4v) is 2.59. The molecule has 3 heteroatoms. The van der Waals surface area contributed by atoms with Gasteiger partial charge in [0.25, 0.3) is 0 Å². The molecular formula is C13H26O2S. The summed E-state index contributed by atoms with van der Waals surface area (Å²) in [6.07, 6.45) is 6.20. The van der Waals surface area contributed by atoms with Gasteiger partial charge < -0.3 is 9.47 Å². The van der Waals surface area contributed by atoms with Crippen molar-refractivity contribution in [2.75, 3.05) is 26.1 Å². The lowest BCUT2D eigenvalue weighted by Gasteiger charge is -2.28. The second-order valence-corrected chi connectivity index (χ2v) is 5.95. The van der Waals surface area contributed by atoms with Gasteiger partial charge in [-0.3, -0.25) is 0 Å². The Labute approximate surface area is 105 Å². The van der Waals surface area contributed by atoms with E-state index in [9.17, 15) is 0 Å². The van der Waals surface area contributed by atoms with Gasteiger partial charge in [0.1, 0.15) is 0 Å². The summed E-state index contributed by atoms with van der Waals surface area (Å²) in [7, 11) is 1.76. The minimum absolute atomic E-state index is 0.0657. The van der Waals surface area contributed by atoms with E-state index in [1.54, 1.807) is 7.11 Å². The smallest absolute Gasteiger partial charge is 0.0644 e. The number of methoxy groups -OCH3 is 1. The average Bonchev–Trinajstić information content (AvgIpc) is 2.74. The molecule has 0 saturated heterocycles. The van der Waals surface area contributed by atoms with E-state index >= 15 is 0 Å². The third-order valence-corrected chi connectivity index (χ3v) is 4.48. The summed E-state index contributed by atoms with van der Waals surface area (Å²) in [5.74, 6) is 0.959. The van der Waals surface area contributed by atoms with E-state index in [2.05, 4.69) is 26.5 Å². The Balaban J connectivity index is 2.19. The quantitative estimate of drug-likeness (QED) is 0.549. The highest BCUT2D eigenvalue weighted by molar-refractivity contribution is 7.80. The van der Waals surface area contributed by atoms with Crippen LogP contribution in [-0.2, 0) is 9.47 Å². The fourth-order valence-electron chi connectivity index (χ4n) is 2.18. The zero-order chi connectivity index (χ0) is 12.1. The van der Waals surface area contributed by atoms with Gasteiger partial charge in [0.2, 0.25) is 0 Å². The maximum absolute atomic E-state index is 5.82. The first-order chi connectivity index (χ1) is 7.54. The Bertz CT molecular complexity index is 198. The Morgan fingerprint density at radius 3 is 2.38 bits per heavy atom. The summed E-state index contributed by atoms with van der Waals surface area (Å²) in [6, 6.07) is 0. The Morgan fingerprint density at radius 1 is 1.25 bits per heavy atom. The maximum Gasteiger partial charge on any atom is 0.0644 e. The van der Waals surface area contributed by atoms with E-state index in [-0.39, 0.29) is 5.60 Å². The Kier molecular flexibility index (Phi) is 5.62. The number of hydrogen-bond donors (Lipinski definition) is 1. The number of hydrogen-bond acceptors (Lipinski definition) is 3. The zero-order valence-electron chi connectivity index (χ0n) is 10.9. The van der Waals surface area contributed by atoms with Crippen molar-refractivity contribution in [3.05, 3.63) is 0 Å². The van der Waals surface area contributed by atoms with Crippen LogP contribution in [0.4, 0.5) is 0 Å². The van der Waals surface area contributed by atoms with Crippen molar-refractivity contribution >= 4 is 12.6 Å². The van der Waals surface area contributed by atoms with Crippen molar-refractivity contribution in [2.24, 2.45) is 5.41 Å². The highest BCUT2D eigenvalue weighted by Gasteiger charge is 2.32. The molecule has 16 heavy (non-hydrogen) atoms. The topological polar surface area (TPSA) is 18.5 Å². The zero-order valence-corrected chi connectivity index (χ0v) is 11.8. The summed E-state index contributed by atoms with van der Waals surface area (Å²) in [5, 5.41) is 0. The van der Waals surface area contributed by atoms with Crippen LogP contribution in [0.5, 0.6) is 0 Å². The molecule has 0 radical (unpaired) electrons. The predicted octanol–water partition coefficient (Wildman–Crippen LogP) is 3.31. The molecule has 1 aliphatic carbocycles. The molecule has 1 fully saturated rings. The van der Waals surface area contributed by atoms with E-state index in [1.165, 1.54) is 25.7 Å². The van der Waals surface area contributed by atoms with Crippen molar-refractivity contribution in [1.82, 2.24) is 0 Å². The van der Waals surface area contributed by atoms with Crippen molar-refractivity contribution in [1.29, 1.82) is 0 Å². The van der Waals surface area contributed by atoms with Crippen molar-refractivity contribution in [2.45, 2.75) is 51.6 Å². The molecule has 0 bridgehead atoms. The van der Waals surface area contributed by atoms with Crippen molar-refractivity contribution in [3.63, 3.8) is 0 Å². The van der Waals surface area contributed by atoms with Crippen LogP contribution in [0.2, 0.25) is 0 Å². The first-order valence-electron chi connectivity index (χ1n) is 6.27. The van der Waals surface area contributed by atoms with Gasteiger partial charge in [-0.25, -0.2) is 0 Å².